The largest absolute Gasteiger partial charge is 0.479 e. The van der Waals surface area contributed by atoms with Crippen molar-refractivity contribution >= 4 is 27.8 Å². The van der Waals surface area contributed by atoms with Crippen LogP contribution in [0.1, 0.15) is 35.6 Å². The number of carbonyl (C=O) groups is 1. The number of carboxylic acid groups (broad SMARTS) is 1. The van der Waals surface area contributed by atoms with Gasteiger partial charge in [-0.2, -0.15) is 5.10 Å². The number of benzene rings is 2. The van der Waals surface area contributed by atoms with Crippen LogP contribution in [0, 0.1) is 12.7 Å². The smallest absolute Gasteiger partial charge is 0.338 e. The average molecular weight is 439 g/mol. The lowest BCUT2D eigenvalue weighted by Gasteiger charge is -2.26. The van der Waals surface area contributed by atoms with E-state index in [1.807, 2.05) is 16.7 Å². The summed E-state index contributed by atoms with van der Waals surface area (Å²) in [5, 5.41) is 18.0. The van der Waals surface area contributed by atoms with Crippen molar-refractivity contribution in [3.8, 4) is 5.69 Å². The topological polar surface area (TPSA) is 80.1 Å². The van der Waals surface area contributed by atoms with Crippen molar-refractivity contribution in [2.45, 2.75) is 38.3 Å². The standard InChI is InChI=1S/C24H23F2N3O3/c1-13-8-16(2-3-19(13)25)29-22-9-15-12-27-28-21(15)11-17(22)18(10-20(26)24(30)31)23(29)14-4-6-32-7-5-14/h2-3,8-9,11-12,14,20H,4-7,10H2,1H3,(H,27,28)(H,30,31)/t20-/m1/s1. The number of alkyl halides is 1. The average Bonchev–Trinajstić information content (AvgIpc) is 3.37. The molecule has 5 rings (SSSR count). The number of aromatic amines is 1. The SMILES string of the molecule is Cc1cc(-n2c(C3CCOCC3)c(C[C@@H](F)C(=O)O)c3cc4[nH]ncc4cc32)ccc1F. The monoisotopic (exact) mass is 439 g/mol. The minimum absolute atomic E-state index is 0.0639. The fraction of sp³-hybridized carbons (Fsp3) is 0.333. The van der Waals surface area contributed by atoms with E-state index in [0.29, 0.717) is 24.3 Å². The molecule has 0 unspecified atom stereocenters. The maximum atomic E-state index is 14.6. The van der Waals surface area contributed by atoms with Crippen LogP contribution < -0.4 is 0 Å². The van der Waals surface area contributed by atoms with Crippen LogP contribution in [0.3, 0.4) is 0 Å². The Morgan fingerprint density at radius 1 is 1.31 bits per heavy atom. The van der Waals surface area contributed by atoms with Crippen molar-refractivity contribution in [1.82, 2.24) is 14.8 Å². The number of ether oxygens (including phenoxy) is 1. The summed E-state index contributed by atoms with van der Waals surface area (Å²) < 4.78 is 36.2. The first kappa shape index (κ1) is 20.6. The van der Waals surface area contributed by atoms with E-state index in [1.165, 1.54) is 6.07 Å². The third-order valence-corrected chi connectivity index (χ3v) is 6.33. The summed E-state index contributed by atoms with van der Waals surface area (Å²) in [6, 6.07) is 8.77. The number of carboxylic acids is 1. The second-order valence-electron chi connectivity index (χ2n) is 8.36. The second kappa shape index (κ2) is 8.02. The summed E-state index contributed by atoms with van der Waals surface area (Å²) >= 11 is 0. The summed E-state index contributed by atoms with van der Waals surface area (Å²) in [6.45, 7) is 2.86. The molecule has 0 amide bonds. The molecule has 2 N–H and O–H groups in total. The molecule has 0 radical (unpaired) electrons. The predicted octanol–water partition coefficient (Wildman–Crippen LogP) is 4.81. The Kier molecular flexibility index (Phi) is 5.17. The third-order valence-electron chi connectivity index (χ3n) is 6.33. The minimum Gasteiger partial charge on any atom is -0.479 e. The number of nitrogens with one attached hydrogen (secondary N) is 1. The molecule has 0 spiro atoms. The van der Waals surface area contributed by atoms with Gasteiger partial charge in [-0.05, 0) is 61.2 Å². The van der Waals surface area contributed by atoms with Crippen molar-refractivity contribution in [2.75, 3.05) is 13.2 Å². The van der Waals surface area contributed by atoms with Crippen molar-refractivity contribution in [2.24, 2.45) is 0 Å². The van der Waals surface area contributed by atoms with E-state index in [1.54, 1.807) is 25.3 Å². The summed E-state index contributed by atoms with van der Waals surface area (Å²) in [6.07, 6.45) is 0.927. The van der Waals surface area contributed by atoms with Gasteiger partial charge < -0.3 is 14.4 Å². The molecule has 1 atom stereocenters. The number of hydrogen-bond acceptors (Lipinski definition) is 3. The Morgan fingerprint density at radius 2 is 2.09 bits per heavy atom. The van der Waals surface area contributed by atoms with Crippen LogP contribution in [0.5, 0.6) is 0 Å². The quantitative estimate of drug-likeness (QED) is 0.468. The Balaban J connectivity index is 1.85. The normalized spacial score (nSPS) is 16.1. The van der Waals surface area contributed by atoms with E-state index in [2.05, 4.69) is 10.2 Å². The summed E-state index contributed by atoms with van der Waals surface area (Å²) in [4.78, 5) is 11.4. The third kappa shape index (κ3) is 3.44. The van der Waals surface area contributed by atoms with Gasteiger partial charge in [-0.3, -0.25) is 5.10 Å². The molecule has 1 saturated heterocycles. The zero-order chi connectivity index (χ0) is 22.4. The minimum atomic E-state index is -2.03. The van der Waals surface area contributed by atoms with Crippen molar-refractivity contribution in [1.29, 1.82) is 0 Å². The Labute approximate surface area is 182 Å². The number of aromatic nitrogens is 3. The van der Waals surface area contributed by atoms with Crippen molar-refractivity contribution in [3.05, 3.63) is 59.2 Å². The highest BCUT2D eigenvalue weighted by Crippen LogP contribution is 2.40. The number of rotatable bonds is 5. The van der Waals surface area contributed by atoms with E-state index in [0.717, 1.165) is 46.0 Å². The lowest BCUT2D eigenvalue weighted by Crippen LogP contribution is -2.21. The number of halogens is 2. The zero-order valence-electron chi connectivity index (χ0n) is 17.6. The Morgan fingerprint density at radius 3 is 2.81 bits per heavy atom. The number of H-pyrrole nitrogens is 1. The molecule has 2 aromatic heterocycles. The molecular weight excluding hydrogens is 416 g/mol. The molecular formula is C24H23F2N3O3. The number of nitrogens with zero attached hydrogens (tertiary/aromatic N) is 2. The van der Waals surface area contributed by atoms with Gasteiger partial charge in [-0.25, -0.2) is 13.6 Å². The number of fused-ring (bicyclic) bond motifs is 2. The first-order valence-corrected chi connectivity index (χ1v) is 10.7. The van der Waals surface area contributed by atoms with Crippen LogP contribution in [0.4, 0.5) is 8.78 Å². The number of aryl methyl sites for hydroxylation is 1. The summed E-state index contributed by atoms with van der Waals surface area (Å²) in [5.74, 6) is -1.72. The van der Waals surface area contributed by atoms with E-state index < -0.39 is 12.1 Å². The van der Waals surface area contributed by atoms with E-state index in [4.69, 9.17) is 4.74 Å². The molecule has 8 heteroatoms. The van der Waals surface area contributed by atoms with Gasteiger partial charge in [0.15, 0.2) is 0 Å². The van der Waals surface area contributed by atoms with Gasteiger partial charge in [0, 0.05) is 47.7 Å². The lowest BCUT2D eigenvalue weighted by atomic mass is 9.90. The maximum absolute atomic E-state index is 14.6. The van der Waals surface area contributed by atoms with Crippen molar-refractivity contribution in [3.63, 3.8) is 0 Å². The molecule has 3 heterocycles. The molecule has 2 aromatic carbocycles. The molecule has 0 saturated carbocycles. The maximum Gasteiger partial charge on any atom is 0.338 e. The first-order valence-electron chi connectivity index (χ1n) is 10.7. The van der Waals surface area contributed by atoms with Crippen LogP contribution >= 0.6 is 0 Å². The molecule has 4 aromatic rings. The first-order chi connectivity index (χ1) is 15.4. The van der Waals surface area contributed by atoms with Crippen LogP contribution in [0.2, 0.25) is 0 Å². The highest BCUT2D eigenvalue weighted by atomic mass is 19.1. The van der Waals surface area contributed by atoms with Gasteiger partial charge in [0.25, 0.3) is 0 Å². The van der Waals surface area contributed by atoms with E-state index >= 15 is 0 Å². The highest BCUT2D eigenvalue weighted by Gasteiger charge is 2.30. The number of hydrogen-bond donors (Lipinski definition) is 2. The van der Waals surface area contributed by atoms with Crippen LogP contribution in [0.25, 0.3) is 27.5 Å². The van der Waals surface area contributed by atoms with Gasteiger partial charge in [-0.15, -0.1) is 0 Å². The number of aliphatic carboxylic acids is 1. The highest BCUT2D eigenvalue weighted by molar-refractivity contribution is 5.99. The molecule has 6 nitrogen and oxygen atoms in total. The molecule has 1 aliphatic rings. The van der Waals surface area contributed by atoms with Gasteiger partial charge in [0.1, 0.15) is 5.82 Å². The van der Waals surface area contributed by atoms with Crippen molar-refractivity contribution < 1.29 is 23.4 Å². The lowest BCUT2D eigenvalue weighted by molar-refractivity contribution is -0.142. The summed E-state index contributed by atoms with van der Waals surface area (Å²) in [5.41, 5.74) is 4.41. The van der Waals surface area contributed by atoms with Crippen LogP contribution in [-0.2, 0) is 16.0 Å². The van der Waals surface area contributed by atoms with Gasteiger partial charge in [0.05, 0.1) is 17.2 Å². The predicted molar refractivity (Wildman–Crippen MR) is 117 cm³/mol. The van der Waals surface area contributed by atoms with Crippen LogP contribution in [-0.4, -0.2) is 45.2 Å². The van der Waals surface area contributed by atoms with Gasteiger partial charge >= 0.3 is 5.97 Å². The summed E-state index contributed by atoms with van der Waals surface area (Å²) in [7, 11) is 0. The zero-order valence-corrected chi connectivity index (χ0v) is 17.6. The molecule has 32 heavy (non-hydrogen) atoms. The van der Waals surface area contributed by atoms with Gasteiger partial charge in [0.2, 0.25) is 6.17 Å². The molecule has 1 aliphatic heterocycles. The van der Waals surface area contributed by atoms with Gasteiger partial charge in [-0.1, -0.05) is 0 Å². The molecule has 0 bridgehead atoms. The second-order valence-corrected chi connectivity index (χ2v) is 8.36. The Bertz CT molecular complexity index is 1320. The molecule has 166 valence electrons. The molecule has 0 aliphatic carbocycles. The van der Waals surface area contributed by atoms with E-state index in [9.17, 15) is 18.7 Å². The van der Waals surface area contributed by atoms with E-state index in [-0.39, 0.29) is 18.2 Å². The fourth-order valence-electron chi connectivity index (χ4n) is 4.74. The molecule has 1 fully saturated rings. The van der Waals surface area contributed by atoms with Crippen LogP contribution in [0.15, 0.2) is 36.5 Å². The Hall–Kier alpha value is -3.26. The fourth-order valence-corrected chi connectivity index (χ4v) is 4.74.